The number of hydrogen-bond donors (Lipinski definition) is 1. The molecule has 1 aliphatic rings. The second kappa shape index (κ2) is 8.64. The van der Waals surface area contributed by atoms with Gasteiger partial charge in [0.15, 0.2) is 0 Å². The lowest BCUT2D eigenvalue weighted by molar-refractivity contribution is -0.0440. The number of sulfonamides is 1. The van der Waals surface area contributed by atoms with Crippen LogP contribution >= 0.6 is 0 Å². The number of nitrogens with zero attached hydrogens (tertiary/aromatic N) is 3. The monoisotopic (exact) mass is 420 g/mol. The standard InChI is InChI=1S/C20H28N4O4S/c1-14-11-18(17(4)24(14)19-7-5-6-8-21-19)20(25)22-9-10-29(26,27)23-12-15(2)28-16(3)13-23/h5-8,11,15-16H,9-10,12-13H2,1-4H3,(H,22,25)/t15-,16-/m1/s1. The summed E-state index contributed by atoms with van der Waals surface area (Å²) in [4.78, 5) is 17.0. The van der Waals surface area contributed by atoms with E-state index in [1.807, 2.05) is 50.5 Å². The van der Waals surface area contributed by atoms with Crippen molar-refractivity contribution in [3.8, 4) is 5.82 Å². The minimum absolute atomic E-state index is 0.0501. The van der Waals surface area contributed by atoms with E-state index >= 15 is 0 Å². The molecule has 1 saturated heterocycles. The van der Waals surface area contributed by atoms with E-state index in [9.17, 15) is 13.2 Å². The number of carbonyl (C=O) groups excluding carboxylic acids is 1. The highest BCUT2D eigenvalue weighted by Gasteiger charge is 2.30. The third-order valence-corrected chi connectivity index (χ3v) is 6.78. The second-order valence-corrected chi connectivity index (χ2v) is 9.54. The van der Waals surface area contributed by atoms with E-state index in [1.54, 1.807) is 12.3 Å². The molecule has 0 bridgehead atoms. The van der Waals surface area contributed by atoms with Crippen molar-refractivity contribution < 1.29 is 17.9 Å². The fourth-order valence-corrected chi connectivity index (χ4v) is 5.20. The van der Waals surface area contributed by atoms with Crippen LogP contribution < -0.4 is 5.32 Å². The molecular weight excluding hydrogens is 392 g/mol. The molecule has 1 aliphatic heterocycles. The Kier molecular flexibility index (Phi) is 6.40. The molecule has 1 amide bonds. The third-order valence-electron chi connectivity index (χ3n) is 4.98. The number of hydrogen-bond acceptors (Lipinski definition) is 5. The second-order valence-electron chi connectivity index (χ2n) is 7.45. The Hall–Kier alpha value is -2.23. The highest BCUT2D eigenvalue weighted by atomic mass is 32.2. The lowest BCUT2D eigenvalue weighted by Crippen LogP contribution is -2.49. The molecule has 2 aromatic rings. The number of morpholine rings is 1. The number of rotatable bonds is 6. The number of aromatic nitrogens is 2. The van der Waals surface area contributed by atoms with Crippen LogP contribution in [0.2, 0.25) is 0 Å². The predicted octanol–water partition coefficient (Wildman–Crippen LogP) is 1.66. The van der Waals surface area contributed by atoms with Gasteiger partial charge in [0.25, 0.3) is 5.91 Å². The van der Waals surface area contributed by atoms with Gasteiger partial charge in [-0.15, -0.1) is 0 Å². The molecule has 0 saturated carbocycles. The van der Waals surface area contributed by atoms with E-state index in [0.29, 0.717) is 18.7 Å². The summed E-state index contributed by atoms with van der Waals surface area (Å²) in [6.45, 7) is 8.20. The zero-order valence-electron chi connectivity index (χ0n) is 17.3. The number of carbonyl (C=O) groups is 1. The van der Waals surface area contributed by atoms with Gasteiger partial charge in [-0.1, -0.05) is 6.07 Å². The first-order valence-corrected chi connectivity index (χ1v) is 11.3. The van der Waals surface area contributed by atoms with Gasteiger partial charge in [-0.3, -0.25) is 4.79 Å². The van der Waals surface area contributed by atoms with Gasteiger partial charge in [-0.25, -0.2) is 13.4 Å². The van der Waals surface area contributed by atoms with Gasteiger partial charge >= 0.3 is 0 Å². The van der Waals surface area contributed by atoms with Crippen LogP contribution in [0.3, 0.4) is 0 Å². The molecule has 3 heterocycles. The quantitative estimate of drug-likeness (QED) is 0.767. The Labute approximate surface area is 171 Å². The van der Waals surface area contributed by atoms with Gasteiger partial charge < -0.3 is 14.6 Å². The van der Waals surface area contributed by atoms with Gasteiger partial charge in [0.1, 0.15) is 5.82 Å². The molecule has 29 heavy (non-hydrogen) atoms. The summed E-state index contributed by atoms with van der Waals surface area (Å²) in [5, 5.41) is 2.74. The lowest BCUT2D eigenvalue weighted by atomic mass is 10.2. The van der Waals surface area contributed by atoms with E-state index < -0.39 is 10.0 Å². The normalized spacial score (nSPS) is 20.6. The Balaban J connectivity index is 1.64. The molecule has 3 rings (SSSR count). The molecule has 2 aromatic heterocycles. The molecule has 0 spiro atoms. The van der Waals surface area contributed by atoms with Crippen molar-refractivity contribution in [2.75, 3.05) is 25.4 Å². The molecule has 0 unspecified atom stereocenters. The molecule has 0 radical (unpaired) electrons. The predicted molar refractivity (Wildman–Crippen MR) is 111 cm³/mol. The maximum absolute atomic E-state index is 12.7. The zero-order chi connectivity index (χ0) is 21.2. The third kappa shape index (κ3) is 4.85. The Morgan fingerprint density at radius 2 is 1.93 bits per heavy atom. The average Bonchev–Trinajstić information content (AvgIpc) is 2.96. The molecule has 158 valence electrons. The van der Waals surface area contributed by atoms with Gasteiger partial charge in [0, 0.05) is 37.2 Å². The van der Waals surface area contributed by atoms with Crippen LogP contribution in [-0.2, 0) is 14.8 Å². The fraction of sp³-hybridized carbons (Fsp3) is 0.500. The lowest BCUT2D eigenvalue weighted by Gasteiger charge is -2.34. The van der Waals surface area contributed by atoms with Crippen molar-refractivity contribution in [2.24, 2.45) is 0 Å². The first-order chi connectivity index (χ1) is 13.7. The molecule has 1 N–H and O–H groups in total. The Morgan fingerprint density at radius 3 is 2.55 bits per heavy atom. The van der Waals surface area contributed by atoms with Crippen molar-refractivity contribution in [1.29, 1.82) is 0 Å². The number of nitrogens with one attached hydrogen (secondary N) is 1. The summed E-state index contributed by atoms with van der Waals surface area (Å²) < 4.78 is 34.2. The van der Waals surface area contributed by atoms with Gasteiger partial charge in [0.05, 0.1) is 23.5 Å². The van der Waals surface area contributed by atoms with Crippen molar-refractivity contribution in [3.63, 3.8) is 0 Å². The molecule has 1 fully saturated rings. The summed E-state index contributed by atoms with van der Waals surface area (Å²) >= 11 is 0. The molecule has 0 aliphatic carbocycles. The van der Waals surface area contributed by atoms with Crippen molar-refractivity contribution in [1.82, 2.24) is 19.2 Å². The maximum atomic E-state index is 12.7. The van der Waals surface area contributed by atoms with E-state index in [-0.39, 0.29) is 30.4 Å². The fourth-order valence-electron chi connectivity index (χ4n) is 3.71. The van der Waals surface area contributed by atoms with Gasteiger partial charge in [-0.2, -0.15) is 4.31 Å². The van der Waals surface area contributed by atoms with Crippen molar-refractivity contribution >= 4 is 15.9 Å². The summed E-state index contributed by atoms with van der Waals surface area (Å²) in [7, 11) is -3.46. The summed E-state index contributed by atoms with van der Waals surface area (Å²) in [5.74, 6) is 0.302. The van der Waals surface area contributed by atoms with Crippen molar-refractivity contribution in [2.45, 2.75) is 39.9 Å². The van der Waals surface area contributed by atoms with Crippen LogP contribution in [0.5, 0.6) is 0 Å². The SMILES string of the molecule is Cc1cc(C(=O)NCCS(=O)(=O)N2C[C@@H](C)O[C@H](C)C2)c(C)n1-c1ccccn1. The Morgan fingerprint density at radius 1 is 1.24 bits per heavy atom. The number of aryl methyl sites for hydroxylation is 1. The minimum atomic E-state index is -3.46. The maximum Gasteiger partial charge on any atom is 0.253 e. The van der Waals surface area contributed by atoms with Crippen LogP contribution in [0, 0.1) is 13.8 Å². The number of ether oxygens (including phenoxy) is 1. The van der Waals surface area contributed by atoms with Gasteiger partial charge in [-0.05, 0) is 45.9 Å². The van der Waals surface area contributed by atoms with Crippen LogP contribution in [0.1, 0.15) is 35.6 Å². The van der Waals surface area contributed by atoms with Crippen LogP contribution in [0.25, 0.3) is 5.82 Å². The first kappa shape index (κ1) is 21.5. The zero-order valence-corrected chi connectivity index (χ0v) is 18.1. The molecule has 2 atom stereocenters. The van der Waals surface area contributed by atoms with Crippen LogP contribution in [0.4, 0.5) is 0 Å². The Bertz CT molecular complexity index is 962. The van der Waals surface area contributed by atoms with Crippen LogP contribution in [-0.4, -0.2) is 65.8 Å². The van der Waals surface area contributed by atoms with E-state index in [1.165, 1.54) is 4.31 Å². The summed E-state index contributed by atoms with van der Waals surface area (Å²) in [5.41, 5.74) is 2.16. The molecule has 8 nitrogen and oxygen atoms in total. The number of amides is 1. The van der Waals surface area contributed by atoms with E-state index in [4.69, 9.17) is 4.74 Å². The highest BCUT2D eigenvalue weighted by Crippen LogP contribution is 2.19. The molecule has 9 heteroatoms. The number of pyridine rings is 1. The van der Waals surface area contributed by atoms with Crippen molar-refractivity contribution in [3.05, 3.63) is 47.4 Å². The van der Waals surface area contributed by atoms with Crippen LogP contribution in [0.15, 0.2) is 30.5 Å². The largest absolute Gasteiger partial charge is 0.373 e. The smallest absolute Gasteiger partial charge is 0.253 e. The highest BCUT2D eigenvalue weighted by molar-refractivity contribution is 7.89. The summed E-state index contributed by atoms with van der Waals surface area (Å²) in [6.07, 6.45) is 1.42. The molecule has 0 aromatic carbocycles. The van der Waals surface area contributed by atoms with Gasteiger partial charge in [0.2, 0.25) is 10.0 Å². The summed E-state index contributed by atoms with van der Waals surface area (Å²) in [6, 6.07) is 7.39. The van der Waals surface area contributed by atoms with E-state index in [2.05, 4.69) is 10.3 Å². The topological polar surface area (TPSA) is 93.5 Å². The first-order valence-electron chi connectivity index (χ1n) is 9.71. The average molecular weight is 421 g/mol. The minimum Gasteiger partial charge on any atom is -0.373 e. The van der Waals surface area contributed by atoms with E-state index in [0.717, 1.165) is 17.2 Å². The molecular formula is C20H28N4O4S.